The second kappa shape index (κ2) is 15.8. The van der Waals surface area contributed by atoms with E-state index in [1.807, 2.05) is 6.08 Å². The molecule has 0 unspecified atom stereocenters. The zero-order valence-electron chi connectivity index (χ0n) is 9.52. The van der Waals surface area contributed by atoms with Gasteiger partial charge in [-0.2, -0.15) is 0 Å². The van der Waals surface area contributed by atoms with E-state index < -0.39 is 0 Å². The molecular formula is C12H23K+. The molecule has 0 aromatic rings. The van der Waals surface area contributed by atoms with E-state index in [2.05, 4.69) is 19.9 Å². The van der Waals surface area contributed by atoms with Crippen molar-refractivity contribution >= 4 is 0 Å². The van der Waals surface area contributed by atoms with Crippen molar-refractivity contribution in [3.05, 3.63) is 19.1 Å². The van der Waals surface area contributed by atoms with Gasteiger partial charge in [0.1, 0.15) is 0 Å². The minimum atomic E-state index is 0. The third-order valence-corrected chi connectivity index (χ3v) is 2.14. The van der Waals surface area contributed by atoms with Crippen LogP contribution in [0, 0.1) is 6.42 Å². The van der Waals surface area contributed by atoms with E-state index in [0.29, 0.717) is 0 Å². The van der Waals surface area contributed by atoms with E-state index >= 15 is 0 Å². The average Bonchev–Trinajstić information content (AvgIpc) is 2.10. The Hall–Kier alpha value is 1.38. The van der Waals surface area contributed by atoms with Crippen molar-refractivity contribution in [1.82, 2.24) is 0 Å². The van der Waals surface area contributed by atoms with E-state index in [-0.39, 0.29) is 51.4 Å². The molecule has 0 atom stereocenters. The summed E-state index contributed by atoms with van der Waals surface area (Å²) in [5.74, 6) is 0. The molecule has 1 radical (unpaired) electrons. The smallest absolute Gasteiger partial charge is 0.103 e. The van der Waals surface area contributed by atoms with Gasteiger partial charge in [-0.1, -0.05) is 57.9 Å². The number of rotatable bonds is 9. The molecule has 0 N–H and O–H groups in total. The third kappa shape index (κ3) is 16.1. The van der Waals surface area contributed by atoms with Gasteiger partial charge in [0.25, 0.3) is 0 Å². The Bertz CT molecular complexity index is 89.1. The van der Waals surface area contributed by atoms with Crippen molar-refractivity contribution in [2.75, 3.05) is 0 Å². The van der Waals surface area contributed by atoms with Gasteiger partial charge in [0.15, 0.2) is 0 Å². The fourth-order valence-corrected chi connectivity index (χ4v) is 1.34. The SMILES string of the molecule is C=C[CH]CCCCCCCCC.[K+]. The predicted molar refractivity (Wildman–Crippen MR) is 57.1 cm³/mol. The molecule has 0 aromatic carbocycles. The summed E-state index contributed by atoms with van der Waals surface area (Å²) in [5.41, 5.74) is 0. The molecule has 0 aromatic heterocycles. The Balaban J connectivity index is 0. The van der Waals surface area contributed by atoms with Crippen LogP contribution in [0.15, 0.2) is 12.7 Å². The van der Waals surface area contributed by atoms with E-state index in [0.717, 1.165) is 0 Å². The average molecular weight is 206 g/mol. The first-order valence-electron chi connectivity index (χ1n) is 5.36. The molecule has 0 amide bonds. The second-order valence-corrected chi connectivity index (χ2v) is 3.38. The molecular weight excluding hydrogens is 183 g/mol. The molecule has 0 fully saturated rings. The molecule has 0 saturated heterocycles. The summed E-state index contributed by atoms with van der Waals surface area (Å²) in [5, 5.41) is 0. The fourth-order valence-electron chi connectivity index (χ4n) is 1.34. The van der Waals surface area contributed by atoms with E-state index in [9.17, 15) is 0 Å². The van der Waals surface area contributed by atoms with Crippen LogP contribution in [0.3, 0.4) is 0 Å². The molecule has 0 aliphatic heterocycles. The van der Waals surface area contributed by atoms with Gasteiger partial charge in [-0.15, -0.1) is 6.58 Å². The second-order valence-electron chi connectivity index (χ2n) is 3.38. The maximum absolute atomic E-state index is 3.66. The minimum Gasteiger partial charge on any atom is -0.103 e. The first kappa shape index (κ1) is 16.8. The van der Waals surface area contributed by atoms with Crippen LogP contribution in [0.5, 0.6) is 0 Å². The minimum absolute atomic E-state index is 0. The number of allylic oxidation sites excluding steroid dienone is 1. The van der Waals surface area contributed by atoms with Crippen molar-refractivity contribution in [1.29, 1.82) is 0 Å². The number of hydrogen-bond acceptors (Lipinski definition) is 0. The molecule has 0 rings (SSSR count). The van der Waals surface area contributed by atoms with Crippen LogP contribution in [-0.4, -0.2) is 0 Å². The summed E-state index contributed by atoms with van der Waals surface area (Å²) in [7, 11) is 0. The Morgan fingerprint density at radius 3 is 2.00 bits per heavy atom. The summed E-state index contributed by atoms with van der Waals surface area (Å²) >= 11 is 0. The van der Waals surface area contributed by atoms with Crippen LogP contribution in [0.4, 0.5) is 0 Å². The summed E-state index contributed by atoms with van der Waals surface area (Å²) in [6.45, 7) is 5.93. The van der Waals surface area contributed by atoms with Gasteiger partial charge in [-0.05, 0) is 12.8 Å². The summed E-state index contributed by atoms with van der Waals surface area (Å²) < 4.78 is 0. The molecule has 0 aliphatic carbocycles. The van der Waals surface area contributed by atoms with Gasteiger partial charge in [-0.3, -0.25) is 0 Å². The molecule has 71 valence electrons. The molecule has 1 heteroatoms. The van der Waals surface area contributed by atoms with Crippen LogP contribution in [-0.2, 0) is 0 Å². The first-order valence-corrected chi connectivity index (χ1v) is 5.36. The standard InChI is InChI=1S/C12H23.K/c1-3-5-7-9-11-12-10-8-6-4-2;/h3,5H,1,4,6-12H2,2H3;/q;+1. The third-order valence-electron chi connectivity index (χ3n) is 2.14. The Kier molecular flexibility index (Phi) is 20.5. The van der Waals surface area contributed by atoms with Gasteiger partial charge in [0.05, 0.1) is 0 Å². The zero-order valence-corrected chi connectivity index (χ0v) is 12.6. The van der Waals surface area contributed by atoms with Crippen molar-refractivity contribution in [2.24, 2.45) is 0 Å². The van der Waals surface area contributed by atoms with Gasteiger partial charge < -0.3 is 0 Å². The monoisotopic (exact) mass is 206 g/mol. The first-order chi connectivity index (χ1) is 5.91. The van der Waals surface area contributed by atoms with Gasteiger partial charge in [0, 0.05) is 0 Å². The van der Waals surface area contributed by atoms with Crippen molar-refractivity contribution < 1.29 is 51.4 Å². The number of unbranched alkanes of at least 4 members (excludes halogenated alkanes) is 8. The Morgan fingerprint density at radius 1 is 0.923 bits per heavy atom. The Morgan fingerprint density at radius 2 is 1.46 bits per heavy atom. The van der Waals surface area contributed by atoms with Crippen molar-refractivity contribution in [3.63, 3.8) is 0 Å². The normalized spacial score (nSPS) is 9.31. The van der Waals surface area contributed by atoms with Gasteiger partial charge in [-0.25, -0.2) is 0 Å². The molecule has 0 bridgehead atoms. The van der Waals surface area contributed by atoms with Crippen LogP contribution in [0.2, 0.25) is 0 Å². The van der Waals surface area contributed by atoms with Crippen LogP contribution in [0.1, 0.15) is 58.3 Å². The predicted octanol–water partition coefficient (Wildman–Crippen LogP) is 1.52. The maximum Gasteiger partial charge on any atom is 1.00 e. The summed E-state index contributed by atoms with van der Waals surface area (Å²) in [6.07, 6.45) is 15.1. The van der Waals surface area contributed by atoms with E-state index in [1.165, 1.54) is 51.4 Å². The molecule has 0 spiro atoms. The molecule has 13 heavy (non-hydrogen) atoms. The quantitative estimate of drug-likeness (QED) is 0.396. The van der Waals surface area contributed by atoms with E-state index in [1.54, 1.807) is 0 Å². The maximum atomic E-state index is 3.66. The molecule has 0 heterocycles. The summed E-state index contributed by atoms with van der Waals surface area (Å²) in [6, 6.07) is 0. The van der Waals surface area contributed by atoms with Crippen LogP contribution >= 0.6 is 0 Å². The Labute approximate surface area is 127 Å². The van der Waals surface area contributed by atoms with Gasteiger partial charge >= 0.3 is 51.4 Å². The largest absolute Gasteiger partial charge is 1.00 e. The van der Waals surface area contributed by atoms with Crippen molar-refractivity contribution in [2.45, 2.75) is 58.3 Å². The molecule has 0 nitrogen and oxygen atoms in total. The number of hydrogen-bond donors (Lipinski definition) is 0. The summed E-state index contributed by atoms with van der Waals surface area (Å²) in [4.78, 5) is 0. The van der Waals surface area contributed by atoms with Gasteiger partial charge in [0.2, 0.25) is 0 Å². The zero-order chi connectivity index (χ0) is 9.07. The fraction of sp³-hybridized carbons (Fsp3) is 0.750. The van der Waals surface area contributed by atoms with E-state index in [4.69, 9.17) is 0 Å². The van der Waals surface area contributed by atoms with Crippen LogP contribution in [0.25, 0.3) is 0 Å². The topological polar surface area (TPSA) is 0 Å². The van der Waals surface area contributed by atoms with Crippen molar-refractivity contribution in [3.8, 4) is 0 Å². The van der Waals surface area contributed by atoms with Crippen LogP contribution < -0.4 is 51.4 Å². The molecule has 0 aliphatic rings. The molecule has 0 saturated carbocycles.